The highest BCUT2D eigenvalue weighted by Gasteiger charge is 2.49. The van der Waals surface area contributed by atoms with Crippen LogP contribution in [0.3, 0.4) is 0 Å². The largest absolute Gasteiger partial charge is 0.367 e. The van der Waals surface area contributed by atoms with Crippen LogP contribution in [0.1, 0.15) is 50.8 Å². The number of hydrogen-bond donors (Lipinski definition) is 1. The van der Waals surface area contributed by atoms with E-state index in [1.54, 1.807) is 12.4 Å². The Kier molecular flexibility index (Phi) is 4.13. The van der Waals surface area contributed by atoms with E-state index in [0.29, 0.717) is 6.04 Å². The lowest BCUT2D eigenvalue weighted by molar-refractivity contribution is -0.122. The number of carbonyl (C=O) groups is 1. The first-order valence-corrected chi connectivity index (χ1v) is 9.31. The monoisotopic (exact) mass is 351 g/mol. The third-order valence-electron chi connectivity index (χ3n) is 5.58. The average Bonchev–Trinajstić information content (AvgIpc) is 2.85. The molecule has 6 nitrogen and oxygen atoms in total. The Bertz CT molecular complexity index is 809. The van der Waals surface area contributed by atoms with Crippen LogP contribution in [0.25, 0.3) is 0 Å². The standard InChI is InChI=1S/C20H25N5O/c1-13-4-9-16(23-12-13)24-14-5-7-15(8-6-14)25-18-17(21-10-11-22-18)20(2,3)19(25)26/h4,9-12,14-15H,5-8H2,1-3H3,(H,23,24)/t14-,15-. The maximum atomic E-state index is 13.0. The van der Waals surface area contributed by atoms with Crippen LogP contribution in [0.4, 0.5) is 11.6 Å². The molecule has 1 aliphatic carbocycles. The number of hydrogen-bond acceptors (Lipinski definition) is 5. The predicted octanol–water partition coefficient (Wildman–Crippen LogP) is 3.23. The van der Waals surface area contributed by atoms with Crippen molar-refractivity contribution in [2.75, 3.05) is 10.2 Å². The van der Waals surface area contributed by atoms with E-state index < -0.39 is 5.41 Å². The van der Waals surface area contributed by atoms with E-state index in [2.05, 4.69) is 26.3 Å². The molecule has 0 bridgehead atoms. The van der Waals surface area contributed by atoms with Gasteiger partial charge in [-0.3, -0.25) is 14.7 Å². The normalized spacial score (nSPS) is 24.4. The van der Waals surface area contributed by atoms with Crippen molar-refractivity contribution in [2.24, 2.45) is 0 Å². The molecule has 2 aliphatic rings. The van der Waals surface area contributed by atoms with Crippen LogP contribution in [0, 0.1) is 6.92 Å². The molecular formula is C20H25N5O. The van der Waals surface area contributed by atoms with Gasteiger partial charge in [0.25, 0.3) is 0 Å². The van der Waals surface area contributed by atoms with Gasteiger partial charge in [-0.2, -0.15) is 0 Å². The van der Waals surface area contributed by atoms with Crippen molar-refractivity contribution in [1.29, 1.82) is 0 Å². The highest BCUT2D eigenvalue weighted by atomic mass is 16.2. The van der Waals surface area contributed by atoms with Gasteiger partial charge in [0, 0.05) is 30.7 Å². The number of carbonyl (C=O) groups excluding carboxylic acids is 1. The molecule has 1 N–H and O–H groups in total. The maximum absolute atomic E-state index is 13.0. The summed E-state index contributed by atoms with van der Waals surface area (Å²) in [5.41, 5.74) is 1.37. The maximum Gasteiger partial charge on any atom is 0.240 e. The molecule has 3 heterocycles. The molecular weight excluding hydrogens is 326 g/mol. The number of aromatic nitrogens is 3. The second-order valence-electron chi connectivity index (χ2n) is 7.90. The molecule has 2 aromatic rings. The fourth-order valence-corrected chi connectivity index (χ4v) is 4.03. The summed E-state index contributed by atoms with van der Waals surface area (Å²) >= 11 is 0. The minimum absolute atomic E-state index is 0.121. The Balaban J connectivity index is 1.45. The van der Waals surface area contributed by atoms with E-state index in [4.69, 9.17) is 0 Å². The Morgan fingerprint density at radius 3 is 2.50 bits per heavy atom. The summed E-state index contributed by atoms with van der Waals surface area (Å²) < 4.78 is 0. The molecule has 0 spiro atoms. The van der Waals surface area contributed by atoms with Crippen molar-refractivity contribution in [2.45, 2.75) is 64.0 Å². The molecule has 2 aromatic heterocycles. The Morgan fingerprint density at radius 1 is 1.08 bits per heavy atom. The first-order chi connectivity index (χ1) is 12.5. The number of anilines is 2. The second-order valence-corrected chi connectivity index (χ2v) is 7.90. The lowest BCUT2D eigenvalue weighted by Crippen LogP contribution is -2.46. The van der Waals surface area contributed by atoms with Crippen LogP contribution < -0.4 is 10.2 Å². The predicted molar refractivity (Wildman–Crippen MR) is 101 cm³/mol. The molecule has 26 heavy (non-hydrogen) atoms. The van der Waals surface area contributed by atoms with Crippen molar-refractivity contribution in [3.8, 4) is 0 Å². The minimum atomic E-state index is -0.593. The van der Waals surface area contributed by atoms with Gasteiger partial charge in [0.2, 0.25) is 5.91 Å². The zero-order valence-corrected chi connectivity index (χ0v) is 15.6. The van der Waals surface area contributed by atoms with E-state index in [0.717, 1.165) is 48.6 Å². The van der Waals surface area contributed by atoms with Gasteiger partial charge in [-0.25, -0.2) is 9.97 Å². The smallest absolute Gasteiger partial charge is 0.240 e. The van der Waals surface area contributed by atoms with Gasteiger partial charge in [0.1, 0.15) is 5.82 Å². The van der Waals surface area contributed by atoms with E-state index in [1.807, 2.05) is 37.9 Å². The van der Waals surface area contributed by atoms with E-state index >= 15 is 0 Å². The quantitative estimate of drug-likeness (QED) is 0.919. The summed E-state index contributed by atoms with van der Waals surface area (Å²) in [6.45, 7) is 5.93. The van der Waals surface area contributed by atoms with Gasteiger partial charge in [-0.15, -0.1) is 0 Å². The molecule has 136 valence electrons. The lowest BCUT2D eigenvalue weighted by Gasteiger charge is -2.35. The van der Waals surface area contributed by atoms with Crippen LogP contribution in [0.2, 0.25) is 0 Å². The first kappa shape index (κ1) is 16.9. The number of amides is 1. The molecule has 0 saturated heterocycles. The van der Waals surface area contributed by atoms with Gasteiger partial charge < -0.3 is 5.32 Å². The molecule has 4 rings (SSSR count). The number of rotatable bonds is 3. The van der Waals surface area contributed by atoms with Crippen molar-refractivity contribution < 1.29 is 4.79 Å². The van der Waals surface area contributed by atoms with Crippen LogP contribution in [-0.4, -0.2) is 32.9 Å². The summed E-state index contributed by atoms with van der Waals surface area (Å²) in [7, 11) is 0. The molecule has 1 saturated carbocycles. The molecule has 1 aliphatic heterocycles. The SMILES string of the molecule is Cc1ccc(N[C@H]2CC[C@H](N3C(=O)C(C)(C)c4nccnc43)CC2)nc1. The van der Waals surface area contributed by atoms with E-state index in [9.17, 15) is 4.79 Å². The molecule has 1 fully saturated rings. The summed E-state index contributed by atoms with van der Waals surface area (Å²) in [5.74, 6) is 1.79. The molecule has 1 amide bonds. The molecule has 0 atom stereocenters. The van der Waals surface area contributed by atoms with Crippen molar-refractivity contribution in [3.63, 3.8) is 0 Å². The van der Waals surface area contributed by atoms with Gasteiger partial charge >= 0.3 is 0 Å². The second kappa shape index (κ2) is 6.34. The Morgan fingerprint density at radius 2 is 1.81 bits per heavy atom. The van der Waals surface area contributed by atoms with Gasteiger partial charge in [0.15, 0.2) is 5.82 Å². The van der Waals surface area contributed by atoms with Crippen molar-refractivity contribution in [3.05, 3.63) is 42.0 Å². The average molecular weight is 351 g/mol. The summed E-state index contributed by atoms with van der Waals surface area (Å²) in [5, 5.41) is 3.52. The molecule has 0 unspecified atom stereocenters. The highest BCUT2D eigenvalue weighted by Crippen LogP contribution is 2.42. The third-order valence-corrected chi connectivity index (χ3v) is 5.58. The van der Waals surface area contributed by atoms with Crippen molar-refractivity contribution in [1.82, 2.24) is 15.0 Å². The molecule has 6 heteroatoms. The summed E-state index contributed by atoms with van der Waals surface area (Å²) in [6.07, 6.45) is 9.18. The first-order valence-electron chi connectivity index (χ1n) is 9.31. The highest BCUT2D eigenvalue weighted by molar-refractivity contribution is 6.06. The summed E-state index contributed by atoms with van der Waals surface area (Å²) in [4.78, 5) is 28.3. The third kappa shape index (κ3) is 2.83. The fourth-order valence-electron chi connectivity index (χ4n) is 4.03. The molecule has 0 radical (unpaired) electrons. The summed E-state index contributed by atoms with van der Waals surface area (Å²) in [6, 6.07) is 4.69. The van der Waals surface area contributed by atoms with Crippen LogP contribution >= 0.6 is 0 Å². The number of nitrogens with zero attached hydrogens (tertiary/aromatic N) is 4. The minimum Gasteiger partial charge on any atom is -0.367 e. The van der Waals surface area contributed by atoms with Gasteiger partial charge in [0.05, 0.1) is 11.1 Å². The number of nitrogens with one attached hydrogen (secondary N) is 1. The Hall–Kier alpha value is -2.50. The van der Waals surface area contributed by atoms with Gasteiger partial charge in [-0.1, -0.05) is 6.07 Å². The number of pyridine rings is 1. The Labute approximate surface area is 154 Å². The zero-order valence-electron chi connectivity index (χ0n) is 15.6. The fraction of sp³-hybridized carbons (Fsp3) is 0.500. The zero-order chi connectivity index (χ0) is 18.3. The van der Waals surface area contributed by atoms with Crippen LogP contribution in [0.5, 0.6) is 0 Å². The van der Waals surface area contributed by atoms with Crippen LogP contribution in [-0.2, 0) is 10.2 Å². The number of fused-ring (bicyclic) bond motifs is 1. The molecule has 0 aromatic carbocycles. The van der Waals surface area contributed by atoms with E-state index in [-0.39, 0.29) is 11.9 Å². The van der Waals surface area contributed by atoms with E-state index in [1.165, 1.54) is 0 Å². The lowest BCUT2D eigenvalue weighted by atomic mass is 9.88. The van der Waals surface area contributed by atoms with Crippen molar-refractivity contribution >= 4 is 17.5 Å². The number of aryl methyl sites for hydroxylation is 1. The van der Waals surface area contributed by atoms with Crippen LogP contribution in [0.15, 0.2) is 30.7 Å². The van der Waals surface area contributed by atoms with Gasteiger partial charge in [-0.05, 0) is 58.1 Å². The topological polar surface area (TPSA) is 71.0 Å².